The van der Waals surface area contributed by atoms with Crippen LogP contribution in [0.15, 0.2) is 5.10 Å². The summed E-state index contributed by atoms with van der Waals surface area (Å²) in [6, 6.07) is 0. The smallest absolute Gasteiger partial charge is 0.379 e. The number of halogens is 3. The maximum Gasteiger partial charge on any atom is 0.438 e. The fourth-order valence-corrected chi connectivity index (χ4v) is 2.84. The number of nitrogens with one attached hydrogen (secondary N) is 1. The largest absolute Gasteiger partial charge is 0.438 e. The standard InChI is InChI=1S/C14H23F3N4O2S/c1-10(2)11-9-13(22,14(15,16)17)21(19-11)12(24)18-3-4-20-5-7-23-8-6-20/h10,22H,3-9H2,1-2H3,(H,18,24). The Morgan fingerprint density at radius 1 is 1.42 bits per heavy atom. The minimum atomic E-state index is -4.86. The topological polar surface area (TPSA) is 60.3 Å². The van der Waals surface area contributed by atoms with Crippen molar-refractivity contribution >= 4 is 23.0 Å². The van der Waals surface area contributed by atoms with Gasteiger partial charge in [-0.15, -0.1) is 0 Å². The number of aliphatic hydroxyl groups is 1. The number of nitrogens with zero attached hydrogens (tertiary/aromatic N) is 3. The summed E-state index contributed by atoms with van der Waals surface area (Å²) in [6.45, 7) is 7.31. The highest BCUT2D eigenvalue weighted by Gasteiger charge is 2.62. The summed E-state index contributed by atoms with van der Waals surface area (Å²) in [7, 11) is 0. The second-order valence-electron chi connectivity index (χ2n) is 6.23. The lowest BCUT2D eigenvalue weighted by molar-refractivity contribution is -0.294. The molecule has 1 unspecified atom stereocenters. The number of alkyl halides is 3. The van der Waals surface area contributed by atoms with Crippen LogP contribution in [0.2, 0.25) is 0 Å². The quantitative estimate of drug-likeness (QED) is 0.727. The first-order chi connectivity index (χ1) is 11.1. The van der Waals surface area contributed by atoms with Crippen molar-refractivity contribution in [1.82, 2.24) is 15.2 Å². The van der Waals surface area contributed by atoms with Crippen molar-refractivity contribution < 1.29 is 23.0 Å². The fourth-order valence-electron chi connectivity index (χ4n) is 2.55. The molecule has 24 heavy (non-hydrogen) atoms. The molecule has 0 aromatic rings. The van der Waals surface area contributed by atoms with Gasteiger partial charge in [-0.1, -0.05) is 13.8 Å². The first-order valence-electron chi connectivity index (χ1n) is 7.90. The highest BCUT2D eigenvalue weighted by Crippen LogP contribution is 2.41. The second kappa shape index (κ2) is 7.51. The van der Waals surface area contributed by atoms with E-state index in [1.807, 2.05) is 0 Å². The van der Waals surface area contributed by atoms with Gasteiger partial charge in [0.15, 0.2) is 5.11 Å². The summed E-state index contributed by atoms with van der Waals surface area (Å²) in [4.78, 5) is 2.13. The van der Waals surface area contributed by atoms with E-state index >= 15 is 0 Å². The molecule has 0 radical (unpaired) electrons. The lowest BCUT2D eigenvalue weighted by atomic mass is 9.99. The lowest BCUT2D eigenvalue weighted by Gasteiger charge is -2.34. The third kappa shape index (κ3) is 4.16. The highest BCUT2D eigenvalue weighted by atomic mass is 32.1. The molecule has 1 fully saturated rings. The number of thiocarbonyl (C=S) groups is 1. The van der Waals surface area contributed by atoms with Crippen molar-refractivity contribution in [3.8, 4) is 0 Å². The third-order valence-corrected chi connectivity index (χ3v) is 4.44. The van der Waals surface area contributed by atoms with Crippen LogP contribution in [0.3, 0.4) is 0 Å². The third-order valence-electron chi connectivity index (χ3n) is 4.13. The van der Waals surface area contributed by atoms with Crippen LogP contribution in [-0.4, -0.2) is 77.1 Å². The van der Waals surface area contributed by atoms with Gasteiger partial charge in [-0.25, -0.2) is 0 Å². The van der Waals surface area contributed by atoms with Crippen molar-refractivity contribution in [3.05, 3.63) is 0 Å². The van der Waals surface area contributed by atoms with E-state index in [-0.39, 0.29) is 16.7 Å². The Morgan fingerprint density at radius 3 is 2.58 bits per heavy atom. The first-order valence-corrected chi connectivity index (χ1v) is 8.30. The number of rotatable bonds is 4. The van der Waals surface area contributed by atoms with Crippen LogP contribution in [0.5, 0.6) is 0 Å². The number of hydrogen-bond acceptors (Lipinski definition) is 5. The highest BCUT2D eigenvalue weighted by molar-refractivity contribution is 7.80. The van der Waals surface area contributed by atoms with Crippen molar-refractivity contribution in [2.45, 2.75) is 32.2 Å². The molecule has 0 spiro atoms. The molecular weight excluding hydrogens is 345 g/mol. The minimum Gasteiger partial charge on any atom is -0.379 e. The van der Waals surface area contributed by atoms with Gasteiger partial charge in [-0.3, -0.25) is 4.90 Å². The number of hydrogen-bond donors (Lipinski definition) is 2. The van der Waals surface area contributed by atoms with E-state index in [9.17, 15) is 18.3 Å². The summed E-state index contributed by atoms with van der Waals surface area (Å²) >= 11 is 5.04. The van der Waals surface area contributed by atoms with Crippen LogP contribution >= 0.6 is 12.2 Å². The molecule has 10 heteroatoms. The number of morpholine rings is 1. The normalized spacial score (nSPS) is 26.0. The van der Waals surface area contributed by atoms with Crippen LogP contribution in [0.25, 0.3) is 0 Å². The van der Waals surface area contributed by atoms with Crippen LogP contribution < -0.4 is 5.32 Å². The molecule has 0 saturated carbocycles. The molecule has 2 heterocycles. The lowest BCUT2D eigenvalue weighted by Crippen LogP contribution is -2.59. The van der Waals surface area contributed by atoms with Crippen molar-refractivity contribution in [3.63, 3.8) is 0 Å². The second-order valence-corrected chi connectivity index (χ2v) is 6.62. The summed E-state index contributed by atoms with van der Waals surface area (Å²) in [6.07, 6.45) is -5.46. The Balaban J connectivity index is 1.98. The van der Waals surface area contributed by atoms with Gasteiger partial charge in [-0.05, 0) is 18.1 Å². The minimum absolute atomic E-state index is 0.208. The Hall–Kier alpha value is -0.970. The van der Waals surface area contributed by atoms with E-state index in [0.717, 1.165) is 13.1 Å². The van der Waals surface area contributed by atoms with Crippen LogP contribution in [0.4, 0.5) is 13.2 Å². The van der Waals surface area contributed by atoms with Crippen LogP contribution in [0, 0.1) is 5.92 Å². The van der Waals surface area contributed by atoms with Crippen LogP contribution in [-0.2, 0) is 4.74 Å². The molecule has 2 aliphatic heterocycles. The molecule has 0 bridgehead atoms. The van der Waals surface area contributed by atoms with Gasteiger partial charge in [0, 0.05) is 38.3 Å². The van der Waals surface area contributed by atoms with Gasteiger partial charge in [0.05, 0.1) is 13.2 Å². The maximum atomic E-state index is 13.3. The fraction of sp³-hybridized carbons (Fsp3) is 0.857. The molecule has 1 atom stereocenters. The van der Waals surface area contributed by atoms with E-state index in [2.05, 4.69) is 15.3 Å². The predicted molar refractivity (Wildman–Crippen MR) is 87.6 cm³/mol. The summed E-state index contributed by atoms with van der Waals surface area (Å²) in [5.74, 6) is -0.208. The van der Waals surface area contributed by atoms with E-state index in [0.29, 0.717) is 31.3 Å². The van der Waals surface area contributed by atoms with Crippen molar-refractivity contribution in [2.24, 2.45) is 11.0 Å². The molecule has 138 valence electrons. The molecule has 0 aromatic heterocycles. The van der Waals surface area contributed by atoms with Gasteiger partial charge in [0.1, 0.15) is 0 Å². The van der Waals surface area contributed by atoms with Crippen molar-refractivity contribution in [2.75, 3.05) is 39.4 Å². The zero-order valence-electron chi connectivity index (χ0n) is 13.8. The molecule has 2 N–H and O–H groups in total. The van der Waals surface area contributed by atoms with Gasteiger partial charge < -0.3 is 15.2 Å². The molecule has 2 rings (SSSR count). The summed E-state index contributed by atoms with van der Waals surface area (Å²) in [5.41, 5.74) is -2.82. The maximum absolute atomic E-state index is 13.3. The van der Waals surface area contributed by atoms with Gasteiger partial charge in [-0.2, -0.15) is 23.3 Å². The Kier molecular flexibility index (Phi) is 6.05. The molecule has 0 aliphatic carbocycles. The van der Waals surface area contributed by atoms with E-state index in [1.165, 1.54) is 0 Å². The molecular formula is C14H23F3N4O2S. The molecule has 6 nitrogen and oxygen atoms in total. The van der Waals surface area contributed by atoms with E-state index in [1.54, 1.807) is 13.8 Å². The monoisotopic (exact) mass is 368 g/mol. The van der Waals surface area contributed by atoms with Gasteiger partial charge in [0.2, 0.25) is 0 Å². The van der Waals surface area contributed by atoms with Gasteiger partial charge >= 0.3 is 6.18 Å². The summed E-state index contributed by atoms with van der Waals surface area (Å²) in [5, 5.41) is 17.1. The molecule has 0 amide bonds. The average molecular weight is 368 g/mol. The van der Waals surface area contributed by atoms with Gasteiger partial charge in [0.25, 0.3) is 5.72 Å². The number of ether oxygens (including phenoxy) is 1. The zero-order chi connectivity index (χ0) is 18.0. The average Bonchev–Trinajstić information content (AvgIpc) is 2.87. The van der Waals surface area contributed by atoms with E-state index < -0.39 is 18.3 Å². The Bertz CT molecular complexity index is 495. The molecule has 1 saturated heterocycles. The molecule has 2 aliphatic rings. The Labute approximate surface area is 144 Å². The Morgan fingerprint density at radius 2 is 2.04 bits per heavy atom. The van der Waals surface area contributed by atoms with Crippen molar-refractivity contribution in [1.29, 1.82) is 0 Å². The predicted octanol–water partition coefficient (Wildman–Crippen LogP) is 1.16. The molecule has 0 aromatic carbocycles. The van der Waals surface area contributed by atoms with Crippen LogP contribution in [0.1, 0.15) is 20.3 Å². The first kappa shape index (κ1) is 19.4. The summed E-state index contributed by atoms with van der Waals surface area (Å²) < 4.78 is 45.2. The number of hydrazone groups is 1. The SMILES string of the molecule is CC(C)C1=NN(C(=S)NCCN2CCOCC2)C(O)(C(F)(F)F)C1. The van der Waals surface area contributed by atoms with E-state index in [4.69, 9.17) is 17.0 Å². The zero-order valence-corrected chi connectivity index (χ0v) is 14.6.